The van der Waals surface area contributed by atoms with Crippen molar-refractivity contribution in [3.63, 3.8) is 0 Å². The summed E-state index contributed by atoms with van der Waals surface area (Å²) < 4.78 is 0. The SMILES string of the molecule is C/C=C/C(=O)N1CCS/C1=C\[N+](=O)[O-]. The molecule has 0 aromatic heterocycles. The van der Waals surface area contributed by atoms with Crippen molar-refractivity contribution in [2.24, 2.45) is 0 Å². The predicted octanol–water partition coefficient (Wildman–Crippen LogP) is 1.21. The summed E-state index contributed by atoms with van der Waals surface area (Å²) in [6.07, 6.45) is 3.90. The van der Waals surface area contributed by atoms with Crippen LogP contribution in [0, 0.1) is 10.1 Å². The van der Waals surface area contributed by atoms with Gasteiger partial charge in [0.2, 0.25) is 0 Å². The molecule has 0 spiro atoms. The first kappa shape index (κ1) is 10.8. The number of hydrogen-bond donors (Lipinski definition) is 0. The van der Waals surface area contributed by atoms with Crippen LogP contribution in [0.2, 0.25) is 0 Å². The molecule has 0 atom stereocenters. The Hall–Kier alpha value is -1.30. The van der Waals surface area contributed by atoms with E-state index in [0.717, 1.165) is 6.20 Å². The van der Waals surface area contributed by atoms with E-state index in [9.17, 15) is 14.9 Å². The summed E-state index contributed by atoms with van der Waals surface area (Å²) in [6.45, 7) is 2.27. The normalized spacial score (nSPS) is 19.5. The van der Waals surface area contributed by atoms with Crippen LogP contribution in [0.3, 0.4) is 0 Å². The van der Waals surface area contributed by atoms with Gasteiger partial charge in [-0.05, 0) is 13.0 Å². The Morgan fingerprint density at radius 2 is 2.43 bits per heavy atom. The molecule has 1 saturated heterocycles. The van der Waals surface area contributed by atoms with Crippen molar-refractivity contribution in [1.82, 2.24) is 4.90 Å². The van der Waals surface area contributed by atoms with E-state index in [1.54, 1.807) is 13.0 Å². The molecule has 0 saturated carbocycles. The highest BCUT2D eigenvalue weighted by Gasteiger charge is 2.24. The van der Waals surface area contributed by atoms with Gasteiger partial charge in [-0.15, -0.1) is 11.8 Å². The van der Waals surface area contributed by atoms with Gasteiger partial charge in [0.25, 0.3) is 12.1 Å². The van der Waals surface area contributed by atoms with Crippen molar-refractivity contribution >= 4 is 17.7 Å². The number of carbonyl (C=O) groups is 1. The first-order valence-electron chi connectivity index (χ1n) is 4.07. The van der Waals surface area contributed by atoms with Crippen molar-refractivity contribution in [3.8, 4) is 0 Å². The van der Waals surface area contributed by atoms with E-state index in [4.69, 9.17) is 0 Å². The van der Waals surface area contributed by atoms with Crippen LogP contribution in [0.4, 0.5) is 0 Å². The molecule has 0 N–H and O–H groups in total. The highest BCUT2D eigenvalue weighted by Crippen LogP contribution is 2.27. The number of nitrogens with zero attached hydrogens (tertiary/aromatic N) is 2. The zero-order valence-corrected chi connectivity index (χ0v) is 8.49. The van der Waals surface area contributed by atoms with Crippen molar-refractivity contribution < 1.29 is 9.72 Å². The first-order chi connectivity index (χ1) is 6.65. The minimum atomic E-state index is -0.538. The number of carbonyl (C=O) groups excluding carboxylic acids is 1. The molecule has 0 aromatic rings. The maximum absolute atomic E-state index is 11.4. The van der Waals surface area contributed by atoms with Gasteiger partial charge in [-0.2, -0.15) is 0 Å². The van der Waals surface area contributed by atoms with Gasteiger partial charge in [0, 0.05) is 12.3 Å². The van der Waals surface area contributed by atoms with Crippen LogP contribution < -0.4 is 0 Å². The van der Waals surface area contributed by atoms with Gasteiger partial charge in [0.1, 0.15) is 5.03 Å². The Balaban J connectivity index is 2.78. The third-order valence-corrected chi connectivity index (χ3v) is 2.63. The number of allylic oxidation sites excluding steroid dienone is 1. The average molecular weight is 214 g/mol. The van der Waals surface area contributed by atoms with E-state index in [2.05, 4.69) is 0 Å². The quantitative estimate of drug-likeness (QED) is 0.394. The maximum atomic E-state index is 11.4. The third kappa shape index (κ3) is 2.59. The molecule has 0 aromatic carbocycles. The monoisotopic (exact) mass is 214 g/mol. The lowest BCUT2D eigenvalue weighted by molar-refractivity contribution is -0.403. The molecule has 0 aliphatic carbocycles. The summed E-state index contributed by atoms with van der Waals surface area (Å²) in [5, 5.41) is 10.7. The predicted molar refractivity (Wildman–Crippen MR) is 54.1 cm³/mol. The smallest absolute Gasteiger partial charge is 0.264 e. The fourth-order valence-electron chi connectivity index (χ4n) is 1.08. The summed E-state index contributed by atoms with van der Waals surface area (Å²) in [4.78, 5) is 22.5. The minimum Gasteiger partial charge on any atom is -0.297 e. The summed E-state index contributed by atoms with van der Waals surface area (Å²) in [7, 11) is 0. The second kappa shape index (κ2) is 4.80. The van der Waals surface area contributed by atoms with Crippen LogP contribution in [-0.2, 0) is 4.79 Å². The van der Waals surface area contributed by atoms with E-state index in [0.29, 0.717) is 17.3 Å². The van der Waals surface area contributed by atoms with Crippen LogP contribution in [0.25, 0.3) is 0 Å². The van der Waals surface area contributed by atoms with Crippen molar-refractivity contribution in [3.05, 3.63) is 33.5 Å². The van der Waals surface area contributed by atoms with Crippen LogP contribution in [0.15, 0.2) is 23.4 Å². The second-order valence-electron chi connectivity index (χ2n) is 2.59. The van der Waals surface area contributed by atoms with Crippen molar-refractivity contribution in [2.45, 2.75) is 6.92 Å². The molecule has 5 nitrogen and oxygen atoms in total. The van der Waals surface area contributed by atoms with Gasteiger partial charge >= 0.3 is 0 Å². The standard InChI is InChI=1S/C8H10N2O3S/c1-2-3-7(11)9-4-5-14-8(9)6-10(12)13/h2-3,6H,4-5H2,1H3/b3-2+,8-6-. The molecule has 0 unspecified atom stereocenters. The van der Waals surface area contributed by atoms with Gasteiger partial charge < -0.3 is 0 Å². The fraction of sp³-hybridized carbons (Fsp3) is 0.375. The summed E-state index contributed by atoms with van der Waals surface area (Å²) >= 11 is 1.32. The molecular weight excluding hydrogens is 204 g/mol. The molecule has 76 valence electrons. The number of rotatable bonds is 2. The van der Waals surface area contributed by atoms with E-state index in [1.165, 1.54) is 22.7 Å². The number of amides is 1. The molecule has 1 heterocycles. The third-order valence-electron chi connectivity index (χ3n) is 1.62. The molecule has 6 heteroatoms. The molecule has 1 aliphatic rings. The number of nitro groups is 1. The minimum absolute atomic E-state index is 0.203. The Morgan fingerprint density at radius 1 is 1.71 bits per heavy atom. The molecule has 0 radical (unpaired) electrons. The maximum Gasteiger partial charge on any atom is 0.264 e. The second-order valence-corrected chi connectivity index (χ2v) is 3.71. The van der Waals surface area contributed by atoms with Crippen LogP contribution >= 0.6 is 11.8 Å². The molecule has 1 amide bonds. The molecular formula is C8H10N2O3S. The van der Waals surface area contributed by atoms with E-state index >= 15 is 0 Å². The van der Waals surface area contributed by atoms with E-state index < -0.39 is 4.92 Å². The van der Waals surface area contributed by atoms with Crippen molar-refractivity contribution in [1.29, 1.82) is 0 Å². The lowest BCUT2D eigenvalue weighted by Crippen LogP contribution is -2.25. The Kier molecular flexibility index (Phi) is 3.70. The summed E-state index contributed by atoms with van der Waals surface area (Å²) in [6, 6.07) is 0. The first-order valence-corrected chi connectivity index (χ1v) is 5.06. The topological polar surface area (TPSA) is 63.5 Å². The van der Waals surface area contributed by atoms with Gasteiger partial charge in [-0.1, -0.05) is 6.08 Å². The summed E-state index contributed by atoms with van der Waals surface area (Å²) in [5.74, 6) is 0.508. The number of hydrogen-bond acceptors (Lipinski definition) is 4. The number of thioether (sulfide) groups is 1. The largest absolute Gasteiger partial charge is 0.297 e. The van der Waals surface area contributed by atoms with E-state index in [-0.39, 0.29) is 5.91 Å². The lowest BCUT2D eigenvalue weighted by atomic mass is 10.4. The molecule has 1 rings (SSSR count). The molecule has 0 bridgehead atoms. The average Bonchev–Trinajstić information content (AvgIpc) is 2.51. The molecule has 1 aliphatic heterocycles. The molecule has 14 heavy (non-hydrogen) atoms. The highest BCUT2D eigenvalue weighted by molar-refractivity contribution is 8.03. The Labute approximate surface area is 85.6 Å². The van der Waals surface area contributed by atoms with Gasteiger partial charge in [0.15, 0.2) is 0 Å². The van der Waals surface area contributed by atoms with Gasteiger partial charge in [-0.3, -0.25) is 19.8 Å². The van der Waals surface area contributed by atoms with E-state index in [1.807, 2.05) is 0 Å². The van der Waals surface area contributed by atoms with Gasteiger partial charge in [0.05, 0.1) is 4.92 Å². The molecule has 1 fully saturated rings. The Morgan fingerprint density at radius 3 is 3.00 bits per heavy atom. The Bertz CT molecular complexity index is 312. The summed E-state index contributed by atoms with van der Waals surface area (Å²) in [5.41, 5.74) is 0. The zero-order valence-electron chi connectivity index (χ0n) is 7.67. The van der Waals surface area contributed by atoms with Crippen LogP contribution in [0.5, 0.6) is 0 Å². The van der Waals surface area contributed by atoms with Crippen molar-refractivity contribution in [2.75, 3.05) is 12.3 Å². The van der Waals surface area contributed by atoms with Crippen LogP contribution in [0.1, 0.15) is 6.92 Å². The fourth-order valence-corrected chi connectivity index (χ4v) is 2.06. The van der Waals surface area contributed by atoms with Gasteiger partial charge in [-0.25, -0.2) is 0 Å². The highest BCUT2D eigenvalue weighted by atomic mass is 32.2. The zero-order chi connectivity index (χ0) is 10.6. The van der Waals surface area contributed by atoms with Crippen LogP contribution in [-0.4, -0.2) is 28.0 Å². The lowest BCUT2D eigenvalue weighted by Gasteiger charge is -2.11.